The van der Waals surface area contributed by atoms with Gasteiger partial charge in [0.2, 0.25) is 10.0 Å². The molecule has 19 heavy (non-hydrogen) atoms. The number of benzene rings is 1. The molecule has 2 aromatic rings. The fourth-order valence-corrected chi connectivity index (χ4v) is 2.28. The van der Waals surface area contributed by atoms with Crippen LogP contribution in [0.25, 0.3) is 5.69 Å². The molecule has 0 spiro atoms. The molecule has 0 unspecified atom stereocenters. The van der Waals surface area contributed by atoms with Crippen molar-refractivity contribution >= 4 is 21.6 Å². The molecule has 2 rings (SSSR count). The van der Waals surface area contributed by atoms with Crippen molar-refractivity contribution in [1.29, 1.82) is 0 Å². The molecular formula is C10H11N5O3S. The number of primary sulfonamides is 1. The normalized spacial score (nSPS) is 11.4. The second kappa shape index (κ2) is 4.37. The van der Waals surface area contributed by atoms with Gasteiger partial charge in [0.05, 0.1) is 17.4 Å². The second-order valence-electron chi connectivity index (χ2n) is 3.81. The number of aromatic nitrogens is 2. The number of nitrogens with two attached hydrogens (primary N) is 3. The Morgan fingerprint density at radius 1 is 1.32 bits per heavy atom. The summed E-state index contributed by atoms with van der Waals surface area (Å²) in [7, 11) is -3.97. The van der Waals surface area contributed by atoms with Crippen molar-refractivity contribution in [2.24, 2.45) is 10.9 Å². The van der Waals surface area contributed by atoms with E-state index in [-0.39, 0.29) is 21.8 Å². The van der Waals surface area contributed by atoms with Gasteiger partial charge in [-0.1, -0.05) is 0 Å². The van der Waals surface area contributed by atoms with Gasteiger partial charge in [0.25, 0.3) is 5.91 Å². The summed E-state index contributed by atoms with van der Waals surface area (Å²) in [5.74, 6) is -0.668. The lowest BCUT2D eigenvalue weighted by Gasteiger charge is -2.08. The molecule has 0 atom stereocenters. The summed E-state index contributed by atoms with van der Waals surface area (Å²) in [5.41, 5.74) is 11.2. The molecule has 1 aromatic carbocycles. The van der Waals surface area contributed by atoms with Crippen molar-refractivity contribution in [3.63, 3.8) is 0 Å². The predicted molar refractivity (Wildman–Crippen MR) is 67.9 cm³/mol. The van der Waals surface area contributed by atoms with Gasteiger partial charge in [-0.3, -0.25) is 4.79 Å². The first kappa shape index (κ1) is 13.1. The maximum Gasteiger partial charge on any atom is 0.251 e. The summed E-state index contributed by atoms with van der Waals surface area (Å²) >= 11 is 0. The molecule has 0 fully saturated rings. The van der Waals surface area contributed by atoms with E-state index in [1.165, 1.54) is 35.3 Å². The zero-order valence-electron chi connectivity index (χ0n) is 9.65. The number of nitrogens with zero attached hydrogens (tertiary/aromatic N) is 2. The van der Waals surface area contributed by atoms with E-state index in [1.807, 2.05) is 0 Å². The van der Waals surface area contributed by atoms with Gasteiger partial charge >= 0.3 is 0 Å². The third-order valence-electron chi connectivity index (χ3n) is 2.40. The molecule has 0 saturated heterocycles. The van der Waals surface area contributed by atoms with Gasteiger partial charge in [-0.15, -0.1) is 0 Å². The monoisotopic (exact) mass is 281 g/mol. The van der Waals surface area contributed by atoms with E-state index in [0.29, 0.717) is 0 Å². The molecule has 100 valence electrons. The number of hydrogen-bond donors (Lipinski definition) is 3. The molecule has 0 aliphatic carbocycles. The lowest BCUT2D eigenvalue weighted by Crippen LogP contribution is -2.16. The number of primary amides is 1. The highest BCUT2D eigenvalue weighted by molar-refractivity contribution is 7.89. The maximum absolute atomic E-state index is 11.5. The molecule has 0 saturated carbocycles. The minimum Gasteiger partial charge on any atom is -0.399 e. The Kier molecular flexibility index (Phi) is 3.00. The van der Waals surface area contributed by atoms with Crippen molar-refractivity contribution in [1.82, 2.24) is 9.78 Å². The van der Waals surface area contributed by atoms with Crippen LogP contribution < -0.4 is 16.6 Å². The standard InChI is InChI=1S/C10H11N5O3S/c11-7-1-2-8(9(3-7)19(13,17)18)15-5-6(4-14-15)10(12)16/h1-5H,11H2,(H2,12,16)(H2,13,17,18). The van der Waals surface area contributed by atoms with Crippen LogP contribution in [0, 0.1) is 0 Å². The number of hydrogen-bond acceptors (Lipinski definition) is 5. The highest BCUT2D eigenvalue weighted by atomic mass is 32.2. The summed E-state index contributed by atoms with van der Waals surface area (Å²) in [6.07, 6.45) is 2.54. The second-order valence-corrected chi connectivity index (χ2v) is 5.34. The van der Waals surface area contributed by atoms with Gasteiger partial charge in [-0.05, 0) is 18.2 Å². The number of carbonyl (C=O) groups excluding carboxylic acids is 1. The minimum atomic E-state index is -3.97. The quantitative estimate of drug-likeness (QED) is 0.630. The van der Waals surface area contributed by atoms with Crippen molar-refractivity contribution in [3.05, 3.63) is 36.2 Å². The molecule has 0 aliphatic heterocycles. The number of anilines is 1. The predicted octanol–water partition coefficient (Wildman–Crippen LogP) is -0.799. The summed E-state index contributed by atoms with van der Waals surface area (Å²) in [6, 6.07) is 4.15. The maximum atomic E-state index is 11.5. The van der Waals surface area contributed by atoms with Crippen LogP contribution in [0.15, 0.2) is 35.5 Å². The van der Waals surface area contributed by atoms with Crippen LogP contribution in [-0.2, 0) is 10.0 Å². The number of nitrogen functional groups attached to an aromatic ring is 1. The Morgan fingerprint density at radius 2 is 2.00 bits per heavy atom. The summed E-state index contributed by atoms with van der Waals surface area (Å²) in [4.78, 5) is 10.8. The van der Waals surface area contributed by atoms with Crippen LogP contribution in [0.5, 0.6) is 0 Å². The number of rotatable bonds is 3. The number of sulfonamides is 1. The lowest BCUT2D eigenvalue weighted by atomic mass is 10.3. The first-order valence-electron chi connectivity index (χ1n) is 5.06. The summed E-state index contributed by atoms with van der Waals surface area (Å²) < 4.78 is 24.2. The van der Waals surface area contributed by atoms with E-state index in [2.05, 4.69) is 5.10 Å². The van der Waals surface area contributed by atoms with E-state index in [4.69, 9.17) is 16.6 Å². The van der Waals surface area contributed by atoms with Crippen LogP contribution in [0.4, 0.5) is 5.69 Å². The van der Waals surface area contributed by atoms with Gasteiger partial charge in [0, 0.05) is 11.9 Å². The third-order valence-corrected chi connectivity index (χ3v) is 3.34. The SMILES string of the molecule is NC(=O)c1cnn(-c2ccc(N)cc2S(N)(=O)=O)c1. The summed E-state index contributed by atoms with van der Waals surface area (Å²) in [6.45, 7) is 0. The molecule has 1 heterocycles. The van der Waals surface area contributed by atoms with E-state index in [1.54, 1.807) is 0 Å². The molecule has 8 nitrogen and oxygen atoms in total. The number of amides is 1. The lowest BCUT2D eigenvalue weighted by molar-refractivity contribution is 0.100. The Morgan fingerprint density at radius 3 is 2.53 bits per heavy atom. The van der Waals surface area contributed by atoms with E-state index < -0.39 is 15.9 Å². The van der Waals surface area contributed by atoms with Crippen molar-refractivity contribution in [2.45, 2.75) is 4.90 Å². The Hall–Kier alpha value is -2.39. The van der Waals surface area contributed by atoms with Gasteiger partial charge in [-0.2, -0.15) is 5.10 Å². The molecule has 6 N–H and O–H groups in total. The summed E-state index contributed by atoms with van der Waals surface area (Å²) in [5, 5.41) is 8.98. The van der Waals surface area contributed by atoms with Crippen LogP contribution in [0.3, 0.4) is 0 Å². The van der Waals surface area contributed by atoms with E-state index >= 15 is 0 Å². The Labute approximate surface area is 108 Å². The molecule has 1 aromatic heterocycles. The molecular weight excluding hydrogens is 270 g/mol. The van der Waals surface area contributed by atoms with Gasteiger partial charge in [0.1, 0.15) is 4.90 Å². The minimum absolute atomic E-state index is 0.150. The highest BCUT2D eigenvalue weighted by Gasteiger charge is 2.17. The van der Waals surface area contributed by atoms with Gasteiger partial charge in [0.15, 0.2) is 0 Å². The van der Waals surface area contributed by atoms with E-state index in [9.17, 15) is 13.2 Å². The van der Waals surface area contributed by atoms with Crippen molar-refractivity contribution < 1.29 is 13.2 Å². The van der Waals surface area contributed by atoms with Crippen molar-refractivity contribution in [2.75, 3.05) is 5.73 Å². The largest absolute Gasteiger partial charge is 0.399 e. The fourth-order valence-electron chi connectivity index (χ4n) is 1.53. The topological polar surface area (TPSA) is 147 Å². The van der Waals surface area contributed by atoms with Crippen LogP contribution in [0.1, 0.15) is 10.4 Å². The molecule has 9 heteroatoms. The van der Waals surface area contributed by atoms with Crippen LogP contribution in [0.2, 0.25) is 0 Å². The Balaban J connectivity index is 2.65. The molecule has 0 aliphatic rings. The molecule has 0 bridgehead atoms. The molecule has 0 radical (unpaired) electrons. The third kappa shape index (κ3) is 2.56. The van der Waals surface area contributed by atoms with Crippen LogP contribution >= 0.6 is 0 Å². The van der Waals surface area contributed by atoms with Gasteiger partial charge < -0.3 is 11.5 Å². The zero-order valence-corrected chi connectivity index (χ0v) is 10.5. The van der Waals surface area contributed by atoms with Crippen molar-refractivity contribution in [3.8, 4) is 5.69 Å². The van der Waals surface area contributed by atoms with E-state index in [0.717, 1.165) is 0 Å². The zero-order chi connectivity index (χ0) is 14.2. The smallest absolute Gasteiger partial charge is 0.251 e. The van der Waals surface area contributed by atoms with Crippen LogP contribution in [-0.4, -0.2) is 24.1 Å². The average molecular weight is 281 g/mol. The van der Waals surface area contributed by atoms with Gasteiger partial charge in [-0.25, -0.2) is 18.2 Å². The first-order chi connectivity index (χ1) is 8.79. The molecule has 1 amide bonds. The number of carbonyl (C=O) groups is 1. The Bertz CT molecular complexity index is 750. The highest BCUT2D eigenvalue weighted by Crippen LogP contribution is 2.21. The fraction of sp³-hybridized carbons (Fsp3) is 0. The first-order valence-corrected chi connectivity index (χ1v) is 6.61. The average Bonchev–Trinajstić information content (AvgIpc) is 2.77.